The van der Waals surface area contributed by atoms with E-state index in [1.807, 2.05) is 11.8 Å². The molecule has 0 aliphatic carbocycles. The summed E-state index contributed by atoms with van der Waals surface area (Å²) in [5, 5.41) is 9.91. The minimum absolute atomic E-state index is 0.0528. The van der Waals surface area contributed by atoms with Crippen LogP contribution in [0.5, 0.6) is 0 Å². The number of carbonyl (C=O) groups excluding carboxylic acids is 1. The number of aromatic nitrogens is 2. The van der Waals surface area contributed by atoms with Gasteiger partial charge in [-0.2, -0.15) is 0 Å². The fraction of sp³-hybridized carbons (Fsp3) is 0.688. The van der Waals surface area contributed by atoms with Crippen molar-refractivity contribution in [1.82, 2.24) is 19.8 Å². The number of piperidine rings is 2. The summed E-state index contributed by atoms with van der Waals surface area (Å²) >= 11 is 0. The highest BCUT2D eigenvalue weighted by molar-refractivity contribution is 5.92. The van der Waals surface area contributed by atoms with Crippen molar-refractivity contribution < 1.29 is 9.90 Å². The minimum Gasteiger partial charge on any atom is -0.396 e. The van der Waals surface area contributed by atoms with Gasteiger partial charge in [-0.25, -0.2) is 4.98 Å². The molecule has 0 unspecified atom stereocenters. The fourth-order valence-corrected chi connectivity index (χ4v) is 3.87. The van der Waals surface area contributed by atoms with Crippen LogP contribution in [-0.2, 0) is 0 Å². The Hall–Kier alpha value is -1.53. The number of hydrogen-bond donors (Lipinski definition) is 1. The van der Waals surface area contributed by atoms with E-state index in [1.54, 1.807) is 12.4 Å². The first-order valence-electron chi connectivity index (χ1n) is 7.95. The topological polar surface area (TPSA) is 69.6 Å². The lowest BCUT2D eigenvalue weighted by atomic mass is 9.69. The average Bonchev–Trinajstić information content (AvgIpc) is 2.55. The van der Waals surface area contributed by atoms with Crippen LogP contribution in [0.1, 0.15) is 35.4 Å². The standard InChI is InChI=1S/C16H24N4O2/c1-12-8-18-13(9-17-12)15(22)20-7-5-16(11-21)4-3-6-19(2)14(16)10-20/h8-9,14,21H,3-7,10-11H2,1-2H3/t14-,16-/m1/s1. The first-order valence-corrected chi connectivity index (χ1v) is 7.95. The largest absolute Gasteiger partial charge is 0.396 e. The van der Waals surface area contributed by atoms with Gasteiger partial charge in [0.15, 0.2) is 0 Å². The predicted molar refractivity (Wildman–Crippen MR) is 82.5 cm³/mol. The number of aliphatic hydroxyl groups excluding tert-OH is 1. The molecule has 0 spiro atoms. The predicted octanol–water partition coefficient (Wildman–Crippen LogP) is 0.704. The molecule has 2 fully saturated rings. The second kappa shape index (κ2) is 5.93. The molecule has 0 saturated carbocycles. The number of likely N-dealkylation sites (N-methyl/N-ethyl adjacent to an activating group) is 1. The van der Waals surface area contributed by atoms with Gasteiger partial charge in [0.1, 0.15) is 5.69 Å². The molecule has 1 aromatic heterocycles. The molecule has 3 rings (SSSR count). The fourth-order valence-electron chi connectivity index (χ4n) is 3.87. The molecule has 6 nitrogen and oxygen atoms in total. The first-order chi connectivity index (χ1) is 10.6. The molecule has 2 saturated heterocycles. The smallest absolute Gasteiger partial charge is 0.274 e. The number of amides is 1. The van der Waals surface area contributed by atoms with Crippen molar-refractivity contribution in [2.75, 3.05) is 33.3 Å². The van der Waals surface area contributed by atoms with Gasteiger partial charge in [-0.1, -0.05) is 0 Å². The summed E-state index contributed by atoms with van der Waals surface area (Å²) in [6.07, 6.45) is 6.19. The van der Waals surface area contributed by atoms with Crippen LogP contribution in [0.15, 0.2) is 12.4 Å². The molecule has 2 atom stereocenters. The van der Waals surface area contributed by atoms with Gasteiger partial charge in [0.25, 0.3) is 5.91 Å². The SMILES string of the molecule is Cc1cnc(C(=O)N2CC[C@@]3(CO)CCCN(C)[C@@H]3C2)cn1. The maximum absolute atomic E-state index is 12.6. The second-order valence-electron chi connectivity index (χ2n) is 6.66. The van der Waals surface area contributed by atoms with Gasteiger partial charge >= 0.3 is 0 Å². The number of aryl methyl sites for hydroxylation is 1. The summed E-state index contributed by atoms with van der Waals surface area (Å²) in [4.78, 5) is 25.1. The summed E-state index contributed by atoms with van der Waals surface area (Å²) in [5.74, 6) is -0.0574. The van der Waals surface area contributed by atoms with E-state index in [0.717, 1.165) is 31.5 Å². The molecule has 1 aromatic rings. The minimum atomic E-state index is -0.0574. The lowest BCUT2D eigenvalue weighted by Gasteiger charge is -2.53. The van der Waals surface area contributed by atoms with Crippen molar-refractivity contribution in [2.24, 2.45) is 5.41 Å². The van der Waals surface area contributed by atoms with E-state index in [4.69, 9.17) is 0 Å². The molecule has 2 aliphatic heterocycles. The number of fused-ring (bicyclic) bond motifs is 1. The van der Waals surface area contributed by atoms with Gasteiger partial charge in [0.05, 0.1) is 18.5 Å². The third kappa shape index (κ3) is 2.61. The van der Waals surface area contributed by atoms with Gasteiger partial charge in [-0.3, -0.25) is 9.78 Å². The van der Waals surface area contributed by atoms with Crippen molar-refractivity contribution in [1.29, 1.82) is 0 Å². The van der Waals surface area contributed by atoms with Gasteiger partial charge in [0, 0.05) is 30.7 Å². The van der Waals surface area contributed by atoms with Gasteiger partial charge < -0.3 is 14.9 Å². The van der Waals surface area contributed by atoms with E-state index < -0.39 is 0 Å². The summed E-state index contributed by atoms with van der Waals surface area (Å²) in [6.45, 7) is 4.42. The maximum atomic E-state index is 12.6. The molecule has 3 heterocycles. The normalized spacial score (nSPS) is 29.2. The van der Waals surface area contributed by atoms with Crippen LogP contribution in [0.4, 0.5) is 0 Å². The summed E-state index contributed by atoms with van der Waals surface area (Å²) < 4.78 is 0. The molecule has 6 heteroatoms. The van der Waals surface area contributed by atoms with Crippen LogP contribution in [-0.4, -0.2) is 70.1 Å². The number of rotatable bonds is 2. The van der Waals surface area contributed by atoms with E-state index >= 15 is 0 Å². The van der Waals surface area contributed by atoms with Crippen molar-refractivity contribution in [2.45, 2.75) is 32.2 Å². The van der Waals surface area contributed by atoms with Crippen LogP contribution in [0.25, 0.3) is 0 Å². The molecule has 0 radical (unpaired) electrons. The molecule has 0 aromatic carbocycles. The van der Waals surface area contributed by atoms with Crippen LogP contribution >= 0.6 is 0 Å². The highest BCUT2D eigenvalue weighted by Crippen LogP contribution is 2.41. The molecule has 0 bridgehead atoms. The number of hydrogen-bond acceptors (Lipinski definition) is 5. The molecule has 120 valence electrons. The number of carbonyl (C=O) groups is 1. The van der Waals surface area contributed by atoms with Crippen LogP contribution < -0.4 is 0 Å². The molecular weight excluding hydrogens is 280 g/mol. The van der Waals surface area contributed by atoms with Crippen LogP contribution in [0.3, 0.4) is 0 Å². The third-order valence-corrected chi connectivity index (χ3v) is 5.30. The van der Waals surface area contributed by atoms with Crippen LogP contribution in [0, 0.1) is 12.3 Å². The first kappa shape index (κ1) is 15.4. The Morgan fingerprint density at radius 1 is 1.36 bits per heavy atom. The Balaban J connectivity index is 1.77. The molecule has 1 amide bonds. The van der Waals surface area contributed by atoms with E-state index in [2.05, 4.69) is 21.9 Å². The molecule has 2 aliphatic rings. The monoisotopic (exact) mass is 304 g/mol. The Morgan fingerprint density at radius 3 is 2.86 bits per heavy atom. The van der Waals surface area contributed by atoms with Crippen LogP contribution in [0.2, 0.25) is 0 Å². The van der Waals surface area contributed by atoms with Crippen molar-refractivity contribution >= 4 is 5.91 Å². The van der Waals surface area contributed by atoms with Gasteiger partial charge in [-0.05, 0) is 39.8 Å². The second-order valence-corrected chi connectivity index (χ2v) is 6.66. The van der Waals surface area contributed by atoms with Crippen molar-refractivity contribution in [3.05, 3.63) is 23.8 Å². The summed E-state index contributed by atoms with van der Waals surface area (Å²) in [7, 11) is 2.09. The highest BCUT2D eigenvalue weighted by atomic mass is 16.3. The van der Waals surface area contributed by atoms with Crippen molar-refractivity contribution in [3.63, 3.8) is 0 Å². The number of nitrogens with zero attached hydrogens (tertiary/aromatic N) is 4. The zero-order chi connectivity index (χ0) is 15.7. The van der Waals surface area contributed by atoms with Gasteiger partial charge in [0.2, 0.25) is 0 Å². The summed E-state index contributed by atoms with van der Waals surface area (Å²) in [6, 6.07) is 0.224. The number of aliphatic hydroxyl groups is 1. The average molecular weight is 304 g/mol. The molecular formula is C16H24N4O2. The lowest BCUT2D eigenvalue weighted by Crippen LogP contribution is -2.62. The lowest BCUT2D eigenvalue weighted by molar-refractivity contribution is -0.0602. The van der Waals surface area contributed by atoms with E-state index in [0.29, 0.717) is 18.8 Å². The highest BCUT2D eigenvalue weighted by Gasteiger charge is 2.47. The zero-order valence-corrected chi connectivity index (χ0v) is 13.3. The van der Waals surface area contributed by atoms with E-state index in [9.17, 15) is 9.90 Å². The molecule has 1 N–H and O–H groups in total. The zero-order valence-electron chi connectivity index (χ0n) is 13.3. The Bertz CT molecular complexity index is 548. The number of likely N-dealkylation sites (tertiary alicyclic amines) is 2. The quantitative estimate of drug-likeness (QED) is 0.871. The maximum Gasteiger partial charge on any atom is 0.274 e. The van der Waals surface area contributed by atoms with Crippen molar-refractivity contribution in [3.8, 4) is 0 Å². The van der Waals surface area contributed by atoms with E-state index in [1.165, 1.54) is 0 Å². The van der Waals surface area contributed by atoms with E-state index in [-0.39, 0.29) is 24.0 Å². The Morgan fingerprint density at radius 2 is 2.18 bits per heavy atom. The Kier molecular flexibility index (Phi) is 4.14. The Labute approximate surface area is 131 Å². The summed E-state index contributed by atoms with van der Waals surface area (Å²) in [5.41, 5.74) is 1.16. The molecule has 22 heavy (non-hydrogen) atoms. The third-order valence-electron chi connectivity index (χ3n) is 5.30. The van der Waals surface area contributed by atoms with Gasteiger partial charge in [-0.15, -0.1) is 0 Å².